The van der Waals surface area contributed by atoms with E-state index in [9.17, 15) is 0 Å². The first-order chi connectivity index (χ1) is 10.5. The van der Waals surface area contributed by atoms with Crippen molar-refractivity contribution in [3.63, 3.8) is 0 Å². The molecule has 1 aliphatic rings. The topological polar surface area (TPSA) is 55.4 Å². The van der Waals surface area contributed by atoms with E-state index in [0.29, 0.717) is 79.3 Å². The van der Waals surface area contributed by atoms with E-state index >= 15 is 0 Å². The first-order valence-electron chi connectivity index (χ1n) is 7.61. The number of hydrogen-bond donors (Lipinski definition) is 0. The second kappa shape index (κ2) is 15.9. The Morgan fingerprint density at radius 1 is 0.381 bits per heavy atom. The Hall–Kier alpha value is -0.500. The molecule has 1 rings (SSSR count). The van der Waals surface area contributed by atoms with Crippen LogP contribution in [0.1, 0.15) is 6.42 Å². The van der Waals surface area contributed by atoms with Crippen molar-refractivity contribution in [2.75, 3.05) is 79.3 Å². The van der Waals surface area contributed by atoms with E-state index in [4.69, 9.17) is 28.4 Å². The standard InChI is InChI=1S/C15H28O6/c1-2-4-16-6-8-18-10-12-20-14-15-21-13-11-19-9-7-17-5-3-1/h1-2H,3-15H2/b2-1+. The lowest BCUT2D eigenvalue weighted by molar-refractivity contribution is -0.0151. The van der Waals surface area contributed by atoms with Gasteiger partial charge in [-0.1, -0.05) is 12.2 Å². The summed E-state index contributed by atoms with van der Waals surface area (Å²) in [5.41, 5.74) is 0. The molecule has 124 valence electrons. The summed E-state index contributed by atoms with van der Waals surface area (Å²) < 4.78 is 32.3. The Morgan fingerprint density at radius 2 is 0.762 bits per heavy atom. The molecular formula is C15H28O6. The highest BCUT2D eigenvalue weighted by atomic mass is 16.6. The third kappa shape index (κ3) is 14.2. The first kappa shape index (κ1) is 18.5. The summed E-state index contributed by atoms with van der Waals surface area (Å²) in [6.07, 6.45) is 4.95. The van der Waals surface area contributed by atoms with E-state index in [1.54, 1.807) is 0 Å². The average molecular weight is 304 g/mol. The monoisotopic (exact) mass is 304 g/mol. The van der Waals surface area contributed by atoms with E-state index in [-0.39, 0.29) is 0 Å². The van der Waals surface area contributed by atoms with Crippen molar-refractivity contribution in [3.8, 4) is 0 Å². The maximum absolute atomic E-state index is 5.43. The zero-order valence-corrected chi connectivity index (χ0v) is 12.8. The van der Waals surface area contributed by atoms with Crippen LogP contribution in [0.15, 0.2) is 12.2 Å². The van der Waals surface area contributed by atoms with Gasteiger partial charge in [0, 0.05) is 0 Å². The van der Waals surface area contributed by atoms with Gasteiger partial charge in [0.2, 0.25) is 0 Å². The van der Waals surface area contributed by atoms with Crippen molar-refractivity contribution in [2.45, 2.75) is 6.42 Å². The van der Waals surface area contributed by atoms with Crippen LogP contribution < -0.4 is 0 Å². The Kier molecular flexibility index (Phi) is 14.0. The fourth-order valence-corrected chi connectivity index (χ4v) is 1.59. The Morgan fingerprint density at radius 3 is 1.24 bits per heavy atom. The molecule has 0 N–H and O–H groups in total. The average Bonchev–Trinajstić information content (AvgIpc) is 2.50. The molecule has 1 heterocycles. The van der Waals surface area contributed by atoms with Gasteiger partial charge in [-0.2, -0.15) is 0 Å². The van der Waals surface area contributed by atoms with Crippen molar-refractivity contribution < 1.29 is 28.4 Å². The molecule has 0 spiro atoms. The van der Waals surface area contributed by atoms with E-state index < -0.39 is 0 Å². The Bertz CT molecular complexity index is 212. The molecule has 0 unspecified atom stereocenters. The summed E-state index contributed by atoms with van der Waals surface area (Å²) >= 11 is 0. The van der Waals surface area contributed by atoms with Gasteiger partial charge in [-0.25, -0.2) is 0 Å². The minimum Gasteiger partial charge on any atom is -0.379 e. The number of ether oxygens (including phenoxy) is 6. The second-order valence-corrected chi connectivity index (χ2v) is 4.40. The van der Waals surface area contributed by atoms with Crippen LogP contribution in [0.2, 0.25) is 0 Å². The van der Waals surface area contributed by atoms with Crippen LogP contribution in [-0.4, -0.2) is 79.3 Å². The smallest absolute Gasteiger partial charge is 0.0704 e. The first-order valence-corrected chi connectivity index (χ1v) is 7.61. The van der Waals surface area contributed by atoms with Gasteiger partial charge in [0.25, 0.3) is 0 Å². The molecule has 0 saturated heterocycles. The predicted molar refractivity (Wildman–Crippen MR) is 78.7 cm³/mol. The van der Waals surface area contributed by atoms with Crippen LogP contribution >= 0.6 is 0 Å². The normalized spacial score (nSPS) is 24.8. The second-order valence-electron chi connectivity index (χ2n) is 4.40. The van der Waals surface area contributed by atoms with Gasteiger partial charge in [-0.05, 0) is 6.42 Å². The van der Waals surface area contributed by atoms with Crippen molar-refractivity contribution in [1.82, 2.24) is 0 Å². The summed E-state index contributed by atoms with van der Waals surface area (Å²) in [7, 11) is 0. The van der Waals surface area contributed by atoms with Crippen LogP contribution in [0.5, 0.6) is 0 Å². The SMILES string of the molecule is C1=C/COCCOCCOCCOCCOCCOCC/1. The summed E-state index contributed by atoms with van der Waals surface area (Å²) in [6.45, 7) is 7.21. The van der Waals surface area contributed by atoms with E-state index in [1.807, 2.05) is 6.08 Å². The largest absolute Gasteiger partial charge is 0.379 e. The van der Waals surface area contributed by atoms with Gasteiger partial charge in [-0.15, -0.1) is 0 Å². The maximum atomic E-state index is 5.43. The molecule has 0 saturated carbocycles. The van der Waals surface area contributed by atoms with Gasteiger partial charge in [0.1, 0.15) is 0 Å². The molecule has 0 aromatic rings. The highest BCUT2D eigenvalue weighted by Crippen LogP contribution is 1.89. The maximum Gasteiger partial charge on any atom is 0.0704 e. The van der Waals surface area contributed by atoms with Gasteiger partial charge >= 0.3 is 0 Å². The van der Waals surface area contributed by atoms with E-state index in [2.05, 4.69) is 6.08 Å². The predicted octanol–water partition coefficient (Wildman–Crippen LogP) is 1.05. The molecular weight excluding hydrogens is 276 g/mol. The summed E-state index contributed by atoms with van der Waals surface area (Å²) in [5, 5.41) is 0. The van der Waals surface area contributed by atoms with E-state index in [1.165, 1.54) is 0 Å². The van der Waals surface area contributed by atoms with Crippen molar-refractivity contribution in [3.05, 3.63) is 12.2 Å². The summed E-state index contributed by atoms with van der Waals surface area (Å²) in [5.74, 6) is 0. The molecule has 1 aliphatic heterocycles. The summed E-state index contributed by atoms with van der Waals surface area (Å²) in [6, 6.07) is 0. The quantitative estimate of drug-likeness (QED) is 0.624. The van der Waals surface area contributed by atoms with Crippen LogP contribution in [0.3, 0.4) is 0 Å². The molecule has 0 amide bonds. The molecule has 0 aromatic carbocycles. The minimum absolute atomic E-state index is 0.577. The molecule has 21 heavy (non-hydrogen) atoms. The van der Waals surface area contributed by atoms with Crippen molar-refractivity contribution in [1.29, 1.82) is 0 Å². The lowest BCUT2D eigenvalue weighted by atomic mass is 10.4. The van der Waals surface area contributed by atoms with Crippen LogP contribution in [0, 0.1) is 0 Å². The molecule has 0 atom stereocenters. The van der Waals surface area contributed by atoms with Crippen LogP contribution in [-0.2, 0) is 28.4 Å². The Balaban J connectivity index is 2.05. The number of rotatable bonds is 0. The van der Waals surface area contributed by atoms with Crippen molar-refractivity contribution >= 4 is 0 Å². The zero-order chi connectivity index (χ0) is 14.8. The van der Waals surface area contributed by atoms with Crippen LogP contribution in [0.25, 0.3) is 0 Å². The third-order valence-corrected chi connectivity index (χ3v) is 2.67. The van der Waals surface area contributed by atoms with Gasteiger partial charge in [0.05, 0.1) is 79.3 Å². The highest BCUT2D eigenvalue weighted by molar-refractivity contribution is 4.81. The zero-order valence-electron chi connectivity index (χ0n) is 12.8. The van der Waals surface area contributed by atoms with Crippen molar-refractivity contribution in [2.24, 2.45) is 0 Å². The molecule has 6 heteroatoms. The fourth-order valence-electron chi connectivity index (χ4n) is 1.59. The number of hydrogen-bond acceptors (Lipinski definition) is 6. The fraction of sp³-hybridized carbons (Fsp3) is 0.867. The van der Waals surface area contributed by atoms with Gasteiger partial charge in [-0.3, -0.25) is 0 Å². The molecule has 0 bridgehead atoms. The van der Waals surface area contributed by atoms with Gasteiger partial charge in [0.15, 0.2) is 0 Å². The summed E-state index contributed by atoms with van der Waals surface area (Å²) in [4.78, 5) is 0. The lowest BCUT2D eigenvalue weighted by Crippen LogP contribution is -2.14. The highest BCUT2D eigenvalue weighted by Gasteiger charge is 1.94. The molecule has 6 nitrogen and oxygen atoms in total. The molecule has 0 fully saturated rings. The molecule has 0 aromatic heterocycles. The third-order valence-electron chi connectivity index (χ3n) is 2.67. The molecule has 0 radical (unpaired) electrons. The van der Waals surface area contributed by atoms with Gasteiger partial charge < -0.3 is 28.4 Å². The van der Waals surface area contributed by atoms with Crippen LogP contribution in [0.4, 0.5) is 0 Å². The van der Waals surface area contributed by atoms with E-state index in [0.717, 1.165) is 6.42 Å². The Labute approximate surface area is 127 Å². The molecule has 0 aliphatic carbocycles. The lowest BCUT2D eigenvalue weighted by Gasteiger charge is -2.07. The minimum atomic E-state index is 0.577.